The molecule has 4 rings (SSSR count). The summed E-state index contributed by atoms with van der Waals surface area (Å²) in [6, 6.07) is 21.7. The molecular formula is C18H13BBrNO2. The van der Waals surface area contributed by atoms with Gasteiger partial charge >= 0.3 is 7.12 Å². The topological polar surface area (TPSA) is 45.4 Å². The summed E-state index contributed by atoms with van der Waals surface area (Å²) in [4.78, 5) is 0. The molecular weight excluding hydrogens is 353 g/mol. The molecule has 0 aliphatic carbocycles. The third kappa shape index (κ3) is 2.29. The largest absolute Gasteiger partial charge is 0.490 e. The van der Waals surface area contributed by atoms with E-state index in [9.17, 15) is 10.0 Å². The fraction of sp³-hybridized carbons (Fsp3) is 0. The molecule has 0 amide bonds. The zero-order valence-corrected chi connectivity index (χ0v) is 13.7. The molecule has 0 spiro atoms. The van der Waals surface area contributed by atoms with Gasteiger partial charge in [-0.3, -0.25) is 0 Å². The van der Waals surface area contributed by atoms with Gasteiger partial charge in [-0.25, -0.2) is 0 Å². The SMILES string of the molecule is OB(O)c1cccc2c3ccccc3n(-c3ccc(Br)cc3)c12. The zero-order valence-electron chi connectivity index (χ0n) is 12.1. The highest BCUT2D eigenvalue weighted by Crippen LogP contribution is 2.31. The summed E-state index contributed by atoms with van der Waals surface area (Å²) in [6.45, 7) is 0. The van der Waals surface area contributed by atoms with E-state index in [1.54, 1.807) is 6.07 Å². The van der Waals surface area contributed by atoms with Gasteiger partial charge in [-0.2, -0.15) is 0 Å². The van der Waals surface area contributed by atoms with E-state index in [0.29, 0.717) is 5.46 Å². The lowest BCUT2D eigenvalue weighted by molar-refractivity contribution is 0.426. The van der Waals surface area contributed by atoms with Crippen LogP contribution in [-0.4, -0.2) is 21.7 Å². The van der Waals surface area contributed by atoms with Crippen molar-refractivity contribution in [2.24, 2.45) is 0 Å². The van der Waals surface area contributed by atoms with Crippen LogP contribution in [0.15, 0.2) is 71.2 Å². The molecule has 2 N–H and O–H groups in total. The van der Waals surface area contributed by atoms with Crippen LogP contribution in [0.25, 0.3) is 27.5 Å². The van der Waals surface area contributed by atoms with Crippen LogP contribution in [0.1, 0.15) is 0 Å². The van der Waals surface area contributed by atoms with E-state index in [0.717, 1.165) is 32.0 Å². The van der Waals surface area contributed by atoms with Crippen LogP contribution in [0.5, 0.6) is 0 Å². The smallest absolute Gasteiger partial charge is 0.423 e. The van der Waals surface area contributed by atoms with Gasteiger partial charge in [0.05, 0.1) is 11.0 Å². The predicted molar refractivity (Wildman–Crippen MR) is 98.3 cm³/mol. The monoisotopic (exact) mass is 365 g/mol. The van der Waals surface area contributed by atoms with E-state index in [1.165, 1.54) is 0 Å². The quantitative estimate of drug-likeness (QED) is 0.536. The zero-order chi connectivity index (χ0) is 16.0. The fourth-order valence-electron chi connectivity index (χ4n) is 3.11. The third-order valence-electron chi connectivity index (χ3n) is 4.09. The van der Waals surface area contributed by atoms with Crippen LogP contribution in [0.4, 0.5) is 0 Å². The van der Waals surface area contributed by atoms with Gasteiger partial charge in [0.15, 0.2) is 0 Å². The number of rotatable bonds is 2. The second-order valence-corrected chi connectivity index (χ2v) is 6.36. The van der Waals surface area contributed by atoms with Crippen molar-refractivity contribution in [3.8, 4) is 5.69 Å². The number of nitrogens with zero attached hydrogens (tertiary/aromatic N) is 1. The number of hydrogen-bond donors (Lipinski definition) is 2. The Bertz CT molecular complexity index is 1010. The van der Waals surface area contributed by atoms with Gasteiger partial charge in [-0.1, -0.05) is 52.3 Å². The molecule has 0 atom stereocenters. The molecule has 3 aromatic carbocycles. The molecule has 0 unspecified atom stereocenters. The van der Waals surface area contributed by atoms with Gasteiger partial charge in [-0.15, -0.1) is 0 Å². The first kappa shape index (κ1) is 14.5. The van der Waals surface area contributed by atoms with Crippen molar-refractivity contribution < 1.29 is 10.0 Å². The lowest BCUT2D eigenvalue weighted by Crippen LogP contribution is -2.31. The highest BCUT2D eigenvalue weighted by atomic mass is 79.9. The van der Waals surface area contributed by atoms with Crippen LogP contribution in [0, 0.1) is 0 Å². The number of para-hydroxylation sites is 2. The molecule has 0 saturated heterocycles. The Hall–Kier alpha value is -2.08. The molecule has 23 heavy (non-hydrogen) atoms. The van der Waals surface area contributed by atoms with Crippen molar-refractivity contribution in [2.45, 2.75) is 0 Å². The van der Waals surface area contributed by atoms with Gasteiger partial charge in [0.2, 0.25) is 0 Å². The van der Waals surface area contributed by atoms with Crippen molar-refractivity contribution in [3.05, 3.63) is 71.2 Å². The molecule has 0 aliphatic rings. The Morgan fingerprint density at radius 2 is 1.48 bits per heavy atom. The van der Waals surface area contributed by atoms with E-state index in [1.807, 2.05) is 54.6 Å². The number of fused-ring (bicyclic) bond motifs is 3. The molecule has 4 aromatic rings. The second kappa shape index (κ2) is 5.53. The third-order valence-corrected chi connectivity index (χ3v) is 4.62. The number of benzene rings is 3. The van der Waals surface area contributed by atoms with E-state index >= 15 is 0 Å². The minimum Gasteiger partial charge on any atom is -0.423 e. The minimum atomic E-state index is -1.52. The van der Waals surface area contributed by atoms with Crippen LogP contribution in [0.3, 0.4) is 0 Å². The first-order chi connectivity index (χ1) is 11.2. The standard InChI is InChI=1S/C18H13BBrNO2/c20-12-8-10-13(11-9-12)21-17-7-2-1-4-14(17)15-5-3-6-16(18(15)21)19(22)23/h1-11,22-23H. The van der Waals surface area contributed by atoms with Gasteiger partial charge in [0.1, 0.15) is 0 Å². The molecule has 1 aromatic heterocycles. The lowest BCUT2D eigenvalue weighted by Gasteiger charge is -2.11. The maximum absolute atomic E-state index is 9.80. The van der Waals surface area contributed by atoms with Gasteiger partial charge in [0, 0.05) is 26.4 Å². The molecule has 1 heterocycles. The van der Waals surface area contributed by atoms with Crippen LogP contribution < -0.4 is 5.46 Å². The highest BCUT2D eigenvalue weighted by molar-refractivity contribution is 9.10. The Morgan fingerprint density at radius 1 is 0.783 bits per heavy atom. The summed E-state index contributed by atoms with van der Waals surface area (Å²) in [7, 11) is -1.52. The molecule has 5 heteroatoms. The average molecular weight is 366 g/mol. The first-order valence-corrected chi connectivity index (χ1v) is 8.10. The van der Waals surface area contributed by atoms with Crippen LogP contribution >= 0.6 is 15.9 Å². The van der Waals surface area contributed by atoms with Crippen molar-refractivity contribution >= 4 is 50.3 Å². The maximum atomic E-state index is 9.80. The molecule has 3 nitrogen and oxygen atoms in total. The highest BCUT2D eigenvalue weighted by Gasteiger charge is 2.20. The summed E-state index contributed by atoms with van der Waals surface area (Å²) >= 11 is 3.46. The first-order valence-electron chi connectivity index (χ1n) is 7.31. The van der Waals surface area contributed by atoms with E-state index in [-0.39, 0.29) is 0 Å². The molecule has 0 saturated carbocycles. The Kier molecular flexibility index (Phi) is 3.49. The number of halogens is 1. The Balaban J connectivity index is 2.20. The van der Waals surface area contributed by atoms with E-state index < -0.39 is 7.12 Å². The normalized spacial score (nSPS) is 11.3. The van der Waals surface area contributed by atoms with Gasteiger partial charge in [0.25, 0.3) is 0 Å². The number of aromatic nitrogens is 1. The molecule has 0 aliphatic heterocycles. The molecule has 0 radical (unpaired) electrons. The fourth-order valence-corrected chi connectivity index (χ4v) is 3.38. The molecule has 0 bridgehead atoms. The summed E-state index contributed by atoms with van der Waals surface area (Å²) in [5.74, 6) is 0. The lowest BCUT2D eigenvalue weighted by atomic mass is 9.79. The Labute approximate surface area is 142 Å². The van der Waals surface area contributed by atoms with Gasteiger partial charge < -0.3 is 14.6 Å². The average Bonchev–Trinajstić information content (AvgIpc) is 2.90. The number of hydrogen-bond acceptors (Lipinski definition) is 2. The maximum Gasteiger partial charge on any atom is 0.490 e. The summed E-state index contributed by atoms with van der Waals surface area (Å²) < 4.78 is 3.08. The van der Waals surface area contributed by atoms with Crippen LogP contribution in [-0.2, 0) is 0 Å². The summed E-state index contributed by atoms with van der Waals surface area (Å²) in [5, 5.41) is 21.7. The van der Waals surface area contributed by atoms with E-state index in [2.05, 4.69) is 26.6 Å². The predicted octanol–water partition coefficient (Wildman–Crippen LogP) is 3.23. The minimum absolute atomic E-state index is 0.501. The second-order valence-electron chi connectivity index (χ2n) is 5.45. The summed E-state index contributed by atoms with van der Waals surface area (Å²) in [5.41, 5.74) is 3.35. The van der Waals surface area contributed by atoms with Crippen molar-refractivity contribution in [1.29, 1.82) is 0 Å². The summed E-state index contributed by atoms with van der Waals surface area (Å²) in [6.07, 6.45) is 0. The van der Waals surface area contributed by atoms with E-state index in [4.69, 9.17) is 0 Å². The van der Waals surface area contributed by atoms with Crippen molar-refractivity contribution in [1.82, 2.24) is 4.57 Å². The Morgan fingerprint density at radius 3 is 2.22 bits per heavy atom. The molecule has 112 valence electrons. The van der Waals surface area contributed by atoms with Gasteiger partial charge in [-0.05, 0) is 30.3 Å². The van der Waals surface area contributed by atoms with Crippen molar-refractivity contribution in [2.75, 3.05) is 0 Å². The molecule has 0 fully saturated rings. The van der Waals surface area contributed by atoms with Crippen LogP contribution in [0.2, 0.25) is 0 Å². The van der Waals surface area contributed by atoms with Crippen molar-refractivity contribution in [3.63, 3.8) is 0 Å².